The van der Waals surface area contributed by atoms with Crippen molar-refractivity contribution in [2.75, 3.05) is 6.61 Å². The average Bonchev–Trinajstić information content (AvgIpc) is 2.45. The Hall–Kier alpha value is -1.84. The summed E-state index contributed by atoms with van der Waals surface area (Å²) in [6.45, 7) is 8.20. The van der Waals surface area contributed by atoms with Gasteiger partial charge in [0.25, 0.3) is 0 Å². The van der Waals surface area contributed by atoms with E-state index in [-0.39, 0.29) is 12.0 Å². The van der Waals surface area contributed by atoms with Gasteiger partial charge in [-0.15, -0.1) is 0 Å². The van der Waals surface area contributed by atoms with Gasteiger partial charge in [0.1, 0.15) is 0 Å². The molecule has 0 bridgehead atoms. The molecule has 1 rings (SSSR count). The zero-order chi connectivity index (χ0) is 15.8. The van der Waals surface area contributed by atoms with Crippen molar-refractivity contribution in [1.29, 1.82) is 0 Å². The number of carbonyl (C=O) groups is 2. The van der Waals surface area contributed by atoms with Gasteiger partial charge in [0, 0.05) is 0 Å². The molecule has 1 unspecified atom stereocenters. The molecule has 0 radical (unpaired) electrons. The van der Waals surface area contributed by atoms with Gasteiger partial charge in [-0.3, -0.25) is 0 Å². The summed E-state index contributed by atoms with van der Waals surface area (Å²) in [6.07, 6.45) is 1.65. The van der Waals surface area contributed by atoms with E-state index >= 15 is 0 Å². The SMILES string of the molecule is CCCC(C)OC(=O)c1cccc(C(=O)OCC(C)C)c1. The van der Waals surface area contributed by atoms with E-state index in [0.717, 1.165) is 12.8 Å². The lowest BCUT2D eigenvalue weighted by molar-refractivity contribution is 0.0323. The zero-order valence-electron chi connectivity index (χ0n) is 13.2. The normalized spacial score (nSPS) is 12.0. The lowest BCUT2D eigenvalue weighted by Gasteiger charge is -2.12. The quantitative estimate of drug-likeness (QED) is 0.716. The van der Waals surface area contributed by atoms with Crippen LogP contribution in [0.3, 0.4) is 0 Å². The minimum Gasteiger partial charge on any atom is -0.462 e. The van der Waals surface area contributed by atoms with E-state index in [1.165, 1.54) is 6.07 Å². The molecular weight excluding hydrogens is 268 g/mol. The Labute approximate surface area is 126 Å². The van der Waals surface area contributed by atoms with Crippen LogP contribution in [-0.4, -0.2) is 24.6 Å². The Balaban J connectivity index is 2.71. The first kappa shape index (κ1) is 17.2. The van der Waals surface area contributed by atoms with Crippen molar-refractivity contribution in [1.82, 2.24) is 0 Å². The van der Waals surface area contributed by atoms with Crippen LogP contribution in [0.25, 0.3) is 0 Å². The monoisotopic (exact) mass is 292 g/mol. The third-order valence-corrected chi connectivity index (χ3v) is 2.89. The molecule has 0 heterocycles. The molecule has 0 aliphatic carbocycles. The Kier molecular flexibility index (Phi) is 6.92. The van der Waals surface area contributed by atoms with Crippen LogP contribution in [0.2, 0.25) is 0 Å². The lowest BCUT2D eigenvalue weighted by Crippen LogP contribution is -2.16. The fourth-order valence-corrected chi connectivity index (χ4v) is 1.82. The number of rotatable bonds is 7. The lowest BCUT2D eigenvalue weighted by atomic mass is 10.1. The Morgan fingerprint density at radius 1 is 1.10 bits per heavy atom. The highest BCUT2D eigenvalue weighted by Crippen LogP contribution is 2.11. The summed E-state index contributed by atoms with van der Waals surface area (Å²) in [4.78, 5) is 23.9. The molecule has 0 aliphatic rings. The molecule has 0 N–H and O–H groups in total. The van der Waals surface area contributed by atoms with Crippen LogP contribution in [0.5, 0.6) is 0 Å². The van der Waals surface area contributed by atoms with Crippen LogP contribution in [0.15, 0.2) is 24.3 Å². The first-order valence-electron chi connectivity index (χ1n) is 7.42. The van der Waals surface area contributed by atoms with Gasteiger partial charge in [-0.05, 0) is 37.5 Å². The topological polar surface area (TPSA) is 52.6 Å². The van der Waals surface area contributed by atoms with Crippen LogP contribution in [0, 0.1) is 5.92 Å². The van der Waals surface area contributed by atoms with Crippen molar-refractivity contribution >= 4 is 11.9 Å². The maximum atomic E-state index is 12.0. The van der Waals surface area contributed by atoms with E-state index in [2.05, 4.69) is 0 Å². The van der Waals surface area contributed by atoms with Crippen LogP contribution in [0.4, 0.5) is 0 Å². The van der Waals surface area contributed by atoms with Gasteiger partial charge < -0.3 is 9.47 Å². The number of hydrogen-bond acceptors (Lipinski definition) is 4. The molecule has 0 aromatic heterocycles. The van der Waals surface area contributed by atoms with E-state index < -0.39 is 11.9 Å². The Bertz CT molecular complexity index is 479. The van der Waals surface area contributed by atoms with Crippen molar-refractivity contribution in [3.8, 4) is 0 Å². The molecule has 0 amide bonds. The Morgan fingerprint density at radius 2 is 1.71 bits per heavy atom. The van der Waals surface area contributed by atoms with E-state index in [9.17, 15) is 9.59 Å². The van der Waals surface area contributed by atoms with Gasteiger partial charge in [-0.1, -0.05) is 33.3 Å². The summed E-state index contributed by atoms with van der Waals surface area (Å²) in [6, 6.07) is 6.45. The second-order valence-corrected chi connectivity index (χ2v) is 5.58. The van der Waals surface area contributed by atoms with E-state index in [1.807, 2.05) is 27.7 Å². The second-order valence-electron chi connectivity index (χ2n) is 5.58. The Morgan fingerprint density at radius 3 is 2.29 bits per heavy atom. The van der Waals surface area contributed by atoms with E-state index in [1.54, 1.807) is 18.2 Å². The van der Waals surface area contributed by atoms with Crippen LogP contribution < -0.4 is 0 Å². The summed E-state index contributed by atoms with van der Waals surface area (Å²) in [5.74, 6) is -0.550. The number of carbonyl (C=O) groups excluding carboxylic acids is 2. The largest absolute Gasteiger partial charge is 0.462 e. The number of esters is 2. The van der Waals surface area contributed by atoms with Gasteiger partial charge in [0.15, 0.2) is 0 Å². The molecule has 21 heavy (non-hydrogen) atoms. The van der Waals surface area contributed by atoms with Crippen LogP contribution in [0.1, 0.15) is 61.3 Å². The summed E-state index contributed by atoms with van der Waals surface area (Å²) in [7, 11) is 0. The summed E-state index contributed by atoms with van der Waals surface area (Å²) < 4.78 is 10.5. The maximum absolute atomic E-state index is 12.0. The highest BCUT2D eigenvalue weighted by Gasteiger charge is 2.15. The third-order valence-electron chi connectivity index (χ3n) is 2.89. The molecule has 0 spiro atoms. The van der Waals surface area contributed by atoms with Gasteiger partial charge in [-0.25, -0.2) is 9.59 Å². The molecule has 4 heteroatoms. The van der Waals surface area contributed by atoms with Crippen molar-refractivity contribution in [3.05, 3.63) is 35.4 Å². The van der Waals surface area contributed by atoms with Crippen molar-refractivity contribution in [2.24, 2.45) is 5.92 Å². The standard InChI is InChI=1S/C17H24O4/c1-5-7-13(4)21-17(19)15-9-6-8-14(10-15)16(18)20-11-12(2)3/h6,8-10,12-13H,5,7,11H2,1-4H3. The van der Waals surface area contributed by atoms with Crippen LogP contribution >= 0.6 is 0 Å². The highest BCUT2D eigenvalue weighted by molar-refractivity contribution is 5.95. The second kappa shape index (κ2) is 8.45. The maximum Gasteiger partial charge on any atom is 0.338 e. The van der Waals surface area contributed by atoms with Crippen molar-refractivity contribution < 1.29 is 19.1 Å². The zero-order valence-corrected chi connectivity index (χ0v) is 13.2. The van der Waals surface area contributed by atoms with Crippen LogP contribution in [-0.2, 0) is 9.47 Å². The molecule has 1 atom stereocenters. The molecular formula is C17H24O4. The molecule has 0 saturated heterocycles. The summed E-state index contributed by atoms with van der Waals surface area (Å²) in [5.41, 5.74) is 0.741. The predicted molar refractivity (Wildman–Crippen MR) is 81.3 cm³/mol. The molecule has 4 nitrogen and oxygen atoms in total. The molecule has 0 saturated carbocycles. The first-order valence-corrected chi connectivity index (χ1v) is 7.42. The number of hydrogen-bond donors (Lipinski definition) is 0. The minimum atomic E-state index is -0.417. The summed E-state index contributed by atoms with van der Waals surface area (Å²) in [5, 5.41) is 0. The number of benzene rings is 1. The van der Waals surface area contributed by atoms with Crippen molar-refractivity contribution in [2.45, 2.75) is 46.6 Å². The average molecular weight is 292 g/mol. The van der Waals surface area contributed by atoms with E-state index in [0.29, 0.717) is 17.7 Å². The highest BCUT2D eigenvalue weighted by atomic mass is 16.5. The van der Waals surface area contributed by atoms with Gasteiger partial charge in [-0.2, -0.15) is 0 Å². The third kappa shape index (κ3) is 5.98. The van der Waals surface area contributed by atoms with Gasteiger partial charge >= 0.3 is 11.9 Å². The van der Waals surface area contributed by atoms with E-state index in [4.69, 9.17) is 9.47 Å². The molecule has 1 aromatic carbocycles. The minimum absolute atomic E-state index is 0.126. The molecule has 0 fully saturated rings. The predicted octanol–water partition coefficient (Wildman–Crippen LogP) is 3.84. The van der Waals surface area contributed by atoms with Gasteiger partial charge in [0.2, 0.25) is 0 Å². The van der Waals surface area contributed by atoms with Gasteiger partial charge in [0.05, 0.1) is 23.8 Å². The first-order chi connectivity index (χ1) is 9.93. The smallest absolute Gasteiger partial charge is 0.338 e. The molecule has 0 aliphatic heterocycles. The fraction of sp³-hybridized carbons (Fsp3) is 0.529. The molecule has 116 valence electrons. The number of ether oxygens (including phenoxy) is 2. The molecule has 1 aromatic rings. The summed E-state index contributed by atoms with van der Waals surface area (Å²) >= 11 is 0. The van der Waals surface area contributed by atoms with Crippen molar-refractivity contribution in [3.63, 3.8) is 0 Å². The fourth-order valence-electron chi connectivity index (χ4n) is 1.82.